The minimum absolute atomic E-state index is 0.0904. The van der Waals surface area contributed by atoms with Gasteiger partial charge in [0.25, 0.3) is 0 Å². The molecule has 18 heavy (non-hydrogen) atoms. The van der Waals surface area contributed by atoms with Crippen LogP contribution >= 0.6 is 11.6 Å². The fourth-order valence-electron chi connectivity index (χ4n) is 2.44. The SMILES string of the molecule is CCOc1ccc(C)cc1C(Cl)C1OCCC1C. The molecule has 0 aliphatic carbocycles. The van der Waals surface area contributed by atoms with Gasteiger partial charge in [-0.1, -0.05) is 24.6 Å². The molecular formula is C15H21ClO2. The molecule has 2 nitrogen and oxygen atoms in total. The molecule has 1 aliphatic rings. The van der Waals surface area contributed by atoms with Crippen LogP contribution in [0, 0.1) is 12.8 Å². The maximum Gasteiger partial charge on any atom is 0.124 e. The number of aryl methyl sites for hydroxylation is 1. The van der Waals surface area contributed by atoms with Crippen LogP contribution in [0.2, 0.25) is 0 Å². The Morgan fingerprint density at radius 1 is 1.50 bits per heavy atom. The summed E-state index contributed by atoms with van der Waals surface area (Å²) in [5.41, 5.74) is 2.25. The number of hydrogen-bond donors (Lipinski definition) is 0. The molecule has 0 radical (unpaired) electrons. The Kier molecular flexibility index (Phi) is 4.52. The monoisotopic (exact) mass is 268 g/mol. The lowest BCUT2D eigenvalue weighted by atomic mass is 9.95. The molecule has 1 aliphatic heterocycles. The van der Waals surface area contributed by atoms with Crippen molar-refractivity contribution in [1.82, 2.24) is 0 Å². The van der Waals surface area contributed by atoms with Gasteiger partial charge < -0.3 is 9.47 Å². The van der Waals surface area contributed by atoms with Gasteiger partial charge in [-0.15, -0.1) is 11.6 Å². The lowest BCUT2D eigenvalue weighted by molar-refractivity contribution is 0.0896. The van der Waals surface area contributed by atoms with E-state index in [1.807, 2.05) is 13.0 Å². The Labute approximate surface area is 114 Å². The highest BCUT2D eigenvalue weighted by Crippen LogP contribution is 2.39. The lowest BCUT2D eigenvalue weighted by Crippen LogP contribution is -2.20. The predicted molar refractivity (Wildman–Crippen MR) is 74.5 cm³/mol. The molecule has 1 fully saturated rings. The first-order valence-electron chi connectivity index (χ1n) is 6.62. The molecule has 1 aromatic carbocycles. The predicted octanol–water partition coefficient (Wildman–Crippen LogP) is 4.10. The summed E-state index contributed by atoms with van der Waals surface area (Å²) in [6.45, 7) is 7.72. The van der Waals surface area contributed by atoms with Crippen molar-refractivity contribution >= 4 is 11.6 Å². The third-order valence-corrected chi connectivity index (χ3v) is 3.98. The molecule has 3 atom stereocenters. The first kappa shape index (κ1) is 13.7. The van der Waals surface area contributed by atoms with Crippen LogP contribution in [0.4, 0.5) is 0 Å². The van der Waals surface area contributed by atoms with Gasteiger partial charge in [0, 0.05) is 12.2 Å². The van der Waals surface area contributed by atoms with Crippen molar-refractivity contribution in [2.45, 2.75) is 38.7 Å². The molecule has 1 aromatic rings. The van der Waals surface area contributed by atoms with Crippen LogP contribution in [0.1, 0.15) is 36.8 Å². The van der Waals surface area contributed by atoms with Gasteiger partial charge in [-0.25, -0.2) is 0 Å². The number of alkyl halides is 1. The Bertz CT molecular complexity index is 405. The summed E-state index contributed by atoms with van der Waals surface area (Å²) < 4.78 is 11.4. The van der Waals surface area contributed by atoms with Gasteiger partial charge in [0.15, 0.2) is 0 Å². The van der Waals surface area contributed by atoms with Crippen LogP contribution in [0.3, 0.4) is 0 Å². The van der Waals surface area contributed by atoms with Gasteiger partial charge in [0.1, 0.15) is 5.75 Å². The fourth-order valence-corrected chi connectivity index (χ4v) is 2.93. The van der Waals surface area contributed by atoms with Crippen LogP contribution in [0.15, 0.2) is 18.2 Å². The van der Waals surface area contributed by atoms with Crippen LogP contribution in [0.25, 0.3) is 0 Å². The largest absolute Gasteiger partial charge is 0.494 e. The maximum atomic E-state index is 6.62. The molecule has 0 aromatic heterocycles. The van der Waals surface area contributed by atoms with E-state index >= 15 is 0 Å². The molecule has 0 saturated carbocycles. The summed E-state index contributed by atoms with van der Waals surface area (Å²) in [5, 5.41) is -0.135. The number of rotatable bonds is 4. The second-order valence-corrected chi connectivity index (χ2v) is 5.45. The summed E-state index contributed by atoms with van der Waals surface area (Å²) in [6, 6.07) is 6.16. The van der Waals surface area contributed by atoms with E-state index in [0.717, 1.165) is 24.3 Å². The Morgan fingerprint density at radius 2 is 2.28 bits per heavy atom. The molecular weight excluding hydrogens is 248 g/mol. The van der Waals surface area contributed by atoms with Crippen molar-refractivity contribution in [1.29, 1.82) is 0 Å². The average Bonchev–Trinajstić information content (AvgIpc) is 2.77. The summed E-state index contributed by atoms with van der Waals surface area (Å²) in [7, 11) is 0. The number of benzene rings is 1. The second-order valence-electron chi connectivity index (χ2n) is 4.98. The highest BCUT2D eigenvalue weighted by Gasteiger charge is 2.33. The van der Waals surface area contributed by atoms with Crippen LogP contribution < -0.4 is 4.74 Å². The molecule has 0 N–H and O–H groups in total. The molecule has 1 heterocycles. The van der Waals surface area contributed by atoms with E-state index in [1.165, 1.54) is 5.56 Å². The first-order chi connectivity index (χ1) is 8.63. The van der Waals surface area contributed by atoms with Gasteiger partial charge >= 0.3 is 0 Å². The van der Waals surface area contributed by atoms with Gasteiger partial charge in [-0.3, -0.25) is 0 Å². The highest BCUT2D eigenvalue weighted by molar-refractivity contribution is 6.21. The van der Waals surface area contributed by atoms with Gasteiger partial charge in [-0.05, 0) is 32.3 Å². The Balaban J connectivity index is 2.27. The summed E-state index contributed by atoms with van der Waals surface area (Å²) in [6.07, 6.45) is 1.18. The summed E-state index contributed by atoms with van der Waals surface area (Å²) in [5.74, 6) is 1.38. The standard InChI is InChI=1S/C15H21ClO2/c1-4-17-13-6-5-10(2)9-12(13)14(16)15-11(3)7-8-18-15/h5-6,9,11,14-15H,4,7-8H2,1-3H3. The minimum atomic E-state index is -0.135. The Morgan fingerprint density at radius 3 is 2.89 bits per heavy atom. The van der Waals surface area contributed by atoms with Crippen molar-refractivity contribution in [3.05, 3.63) is 29.3 Å². The van der Waals surface area contributed by atoms with E-state index in [-0.39, 0.29) is 11.5 Å². The highest BCUT2D eigenvalue weighted by atomic mass is 35.5. The fraction of sp³-hybridized carbons (Fsp3) is 0.600. The molecule has 0 amide bonds. The zero-order valence-corrected chi connectivity index (χ0v) is 12.0. The van der Waals surface area contributed by atoms with E-state index in [2.05, 4.69) is 26.0 Å². The molecule has 100 valence electrons. The van der Waals surface area contributed by atoms with E-state index in [0.29, 0.717) is 12.5 Å². The number of ether oxygens (including phenoxy) is 2. The van der Waals surface area contributed by atoms with Crippen molar-refractivity contribution in [3.63, 3.8) is 0 Å². The van der Waals surface area contributed by atoms with E-state index in [1.54, 1.807) is 0 Å². The van der Waals surface area contributed by atoms with Gasteiger partial charge in [-0.2, -0.15) is 0 Å². The van der Waals surface area contributed by atoms with Gasteiger partial charge in [0.2, 0.25) is 0 Å². The molecule has 3 heteroatoms. The molecule has 1 saturated heterocycles. The zero-order valence-electron chi connectivity index (χ0n) is 11.3. The molecule has 0 bridgehead atoms. The number of hydrogen-bond acceptors (Lipinski definition) is 2. The quantitative estimate of drug-likeness (QED) is 0.766. The van der Waals surface area contributed by atoms with Gasteiger partial charge in [0.05, 0.1) is 18.1 Å². The van der Waals surface area contributed by atoms with E-state index in [9.17, 15) is 0 Å². The topological polar surface area (TPSA) is 18.5 Å². The van der Waals surface area contributed by atoms with Crippen LogP contribution in [-0.2, 0) is 4.74 Å². The van der Waals surface area contributed by atoms with Crippen molar-refractivity contribution in [3.8, 4) is 5.75 Å². The molecule has 2 rings (SSSR count). The zero-order chi connectivity index (χ0) is 13.1. The third-order valence-electron chi connectivity index (χ3n) is 3.50. The van der Waals surface area contributed by atoms with Crippen molar-refractivity contribution in [2.75, 3.05) is 13.2 Å². The van der Waals surface area contributed by atoms with Crippen molar-refractivity contribution < 1.29 is 9.47 Å². The van der Waals surface area contributed by atoms with Crippen molar-refractivity contribution in [2.24, 2.45) is 5.92 Å². The molecule has 0 spiro atoms. The lowest BCUT2D eigenvalue weighted by Gasteiger charge is -2.23. The summed E-state index contributed by atoms with van der Waals surface area (Å²) in [4.78, 5) is 0. The molecule has 3 unspecified atom stereocenters. The number of halogens is 1. The average molecular weight is 269 g/mol. The van der Waals surface area contributed by atoms with Crippen LogP contribution in [-0.4, -0.2) is 19.3 Å². The maximum absolute atomic E-state index is 6.62. The minimum Gasteiger partial charge on any atom is -0.494 e. The Hall–Kier alpha value is -0.730. The third kappa shape index (κ3) is 2.81. The van der Waals surface area contributed by atoms with E-state index in [4.69, 9.17) is 21.1 Å². The smallest absolute Gasteiger partial charge is 0.124 e. The summed E-state index contributed by atoms with van der Waals surface area (Å²) >= 11 is 6.62. The second kappa shape index (κ2) is 5.94. The first-order valence-corrected chi connectivity index (χ1v) is 7.06. The van der Waals surface area contributed by atoms with E-state index < -0.39 is 0 Å². The van der Waals surface area contributed by atoms with Crippen LogP contribution in [0.5, 0.6) is 5.75 Å². The normalized spacial score (nSPS) is 25.1.